The number of rotatable bonds is 3. The molecule has 0 N–H and O–H groups in total. The van der Waals surface area contributed by atoms with Crippen LogP contribution in [-0.4, -0.2) is 16.7 Å². The van der Waals surface area contributed by atoms with E-state index in [1.165, 1.54) is 0 Å². The van der Waals surface area contributed by atoms with Gasteiger partial charge in [0.05, 0.1) is 59.0 Å². The van der Waals surface area contributed by atoms with E-state index in [9.17, 15) is 5.26 Å². The Morgan fingerprint density at radius 1 is 1.08 bits per heavy atom. The van der Waals surface area contributed by atoms with E-state index in [2.05, 4.69) is 48.4 Å². The molecule has 0 radical (unpaired) electrons. The Morgan fingerprint density at radius 2 is 1.89 bits per heavy atom. The van der Waals surface area contributed by atoms with Crippen molar-refractivity contribution in [3.05, 3.63) is 86.7 Å². The molecule has 2 aliphatic rings. The Kier molecular flexibility index (Phi) is 5.29. The standard InChI is InChI=1S/C29H24Cl2N4O/c1-15(2)35-28-23(33-29(35)21-11-17(13-32)6-10-24(21)36-4)14-34-26-16(3)5-9-22(31)25(26)20-12-18(30)7-8-19(20)27(28)34/h5-12,15,27H,14H2,1-4H3. The van der Waals surface area contributed by atoms with Gasteiger partial charge in [0.2, 0.25) is 0 Å². The zero-order chi connectivity index (χ0) is 25.3. The Labute approximate surface area is 220 Å². The van der Waals surface area contributed by atoms with Gasteiger partial charge < -0.3 is 14.2 Å². The number of halogens is 2. The molecule has 1 aromatic heterocycles. The maximum absolute atomic E-state index is 9.55. The summed E-state index contributed by atoms with van der Waals surface area (Å²) in [7, 11) is 1.65. The van der Waals surface area contributed by atoms with Crippen molar-refractivity contribution in [1.82, 2.24) is 9.55 Å². The third-order valence-electron chi connectivity index (χ3n) is 7.20. The first-order valence-electron chi connectivity index (χ1n) is 11.9. The summed E-state index contributed by atoms with van der Waals surface area (Å²) >= 11 is 13.3. The van der Waals surface area contributed by atoms with Crippen molar-refractivity contribution in [2.75, 3.05) is 12.0 Å². The lowest BCUT2D eigenvalue weighted by Gasteiger charge is -2.38. The van der Waals surface area contributed by atoms with Gasteiger partial charge in [-0.1, -0.05) is 35.3 Å². The molecule has 0 spiro atoms. The summed E-state index contributed by atoms with van der Waals surface area (Å²) in [5.74, 6) is 1.51. The SMILES string of the molecule is COc1ccc(C#N)cc1-c1nc2c(n1C(C)C)C1c3ccc(Cl)cc3-c3c(Cl)ccc(C)c3N1C2. The molecule has 0 amide bonds. The zero-order valence-corrected chi connectivity index (χ0v) is 21.9. The van der Waals surface area contributed by atoms with Crippen LogP contribution >= 0.6 is 23.2 Å². The molecule has 1 atom stereocenters. The first-order valence-corrected chi connectivity index (χ1v) is 12.6. The monoisotopic (exact) mass is 514 g/mol. The van der Waals surface area contributed by atoms with Crippen molar-refractivity contribution in [2.24, 2.45) is 0 Å². The number of hydrogen-bond acceptors (Lipinski definition) is 4. The topological polar surface area (TPSA) is 54.1 Å². The molecule has 1 unspecified atom stereocenters. The quantitative estimate of drug-likeness (QED) is 0.280. The highest BCUT2D eigenvalue weighted by atomic mass is 35.5. The maximum atomic E-state index is 9.55. The van der Waals surface area contributed by atoms with Gasteiger partial charge in [-0.05, 0) is 73.9 Å². The average Bonchev–Trinajstić information content (AvgIpc) is 3.41. The van der Waals surface area contributed by atoms with Gasteiger partial charge in [-0.15, -0.1) is 0 Å². The molecule has 180 valence electrons. The van der Waals surface area contributed by atoms with Crippen molar-refractivity contribution < 1.29 is 4.74 Å². The Hall–Kier alpha value is -3.46. The number of nitriles is 1. The fourth-order valence-electron chi connectivity index (χ4n) is 5.77. The van der Waals surface area contributed by atoms with E-state index in [0.29, 0.717) is 27.9 Å². The van der Waals surface area contributed by atoms with Gasteiger partial charge in [0, 0.05) is 16.6 Å². The van der Waals surface area contributed by atoms with Crippen LogP contribution in [0, 0.1) is 18.3 Å². The third kappa shape index (κ3) is 3.18. The molecule has 4 aromatic rings. The van der Waals surface area contributed by atoms with Crippen molar-refractivity contribution >= 4 is 28.9 Å². The first-order chi connectivity index (χ1) is 17.3. The number of nitrogens with zero attached hydrogens (tertiary/aromatic N) is 4. The van der Waals surface area contributed by atoms with Gasteiger partial charge in [-0.3, -0.25) is 0 Å². The van der Waals surface area contributed by atoms with Gasteiger partial charge in [0.25, 0.3) is 0 Å². The van der Waals surface area contributed by atoms with Crippen LogP contribution in [0.2, 0.25) is 10.0 Å². The minimum absolute atomic E-state index is 0.0364. The lowest BCUT2D eigenvalue weighted by molar-refractivity contribution is 0.415. The van der Waals surface area contributed by atoms with E-state index in [1.807, 2.05) is 30.3 Å². The Morgan fingerprint density at radius 3 is 2.61 bits per heavy atom. The highest BCUT2D eigenvalue weighted by Crippen LogP contribution is 2.56. The summed E-state index contributed by atoms with van der Waals surface area (Å²) in [6.45, 7) is 7.11. The largest absolute Gasteiger partial charge is 0.496 e. The van der Waals surface area contributed by atoms with E-state index in [1.54, 1.807) is 13.2 Å². The number of hydrogen-bond donors (Lipinski definition) is 0. The second kappa shape index (κ2) is 8.30. The molecule has 6 rings (SSSR count). The van der Waals surface area contributed by atoms with Crippen LogP contribution in [0.25, 0.3) is 22.5 Å². The summed E-state index contributed by atoms with van der Waals surface area (Å²) in [4.78, 5) is 7.59. The number of methoxy groups -OCH3 is 1. The predicted molar refractivity (Wildman–Crippen MR) is 144 cm³/mol. The zero-order valence-electron chi connectivity index (χ0n) is 20.4. The van der Waals surface area contributed by atoms with Gasteiger partial charge in [0.15, 0.2) is 0 Å². The highest BCUT2D eigenvalue weighted by Gasteiger charge is 2.44. The van der Waals surface area contributed by atoms with Crippen molar-refractivity contribution in [1.29, 1.82) is 5.26 Å². The third-order valence-corrected chi connectivity index (χ3v) is 7.75. The van der Waals surface area contributed by atoms with Crippen LogP contribution < -0.4 is 9.64 Å². The number of fused-ring (bicyclic) bond motifs is 8. The van der Waals surface area contributed by atoms with E-state index in [4.69, 9.17) is 32.9 Å². The summed E-state index contributed by atoms with van der Waals surface area (Å²) in [5, 5.41) is 10.9. The van der Waals surface area contributed by atoms with E-state index >= 15 is 0 Å². The maximum Gasteiger partial charge on any atom is 0.144 e. The van der Waals surface area contributed by atoms with Gasteiger partial charge in [-0.25, -0.2) is 4.98 Å². The van der Waals surface area contributed by atoms with Gasteiger partial charge in [0.1, 0.15) is 11.6 Å². The molecule has 0 saturated heterocycles. The molecule has 3 heterocycles. The van der Waals surface area contributed by atoms with Crippen molar-refractivity contribution in [2.45, 2.75) is 39.4 Å². The Balaban J connectivity index is 1.64. The van der Waals surface area contributed by atoms with Crippen LogP contribution in [0.3, 0.4) is 0 Å². The molecular weight excluding hydrogens is 491 g/mol. The summed E-state index contributed by atoms with van der Waals surface area (Å²) in [5.41, 5.74) is 9.08. The average molecular weight is 515 g/mol. The molecule has 3 aromatic carbocycles. The van der Waals surface area contributed by atoms with Crippen LogP contribution in [0.1, 0.15) is 54.0 Å². The number of aromatic nitrogens is 2. The van der Waals surface area contributed by atoms with Crippen LogP contribution in [0.5, 0.6) is 5.75 Å². The summed E-state index contributed by atoms with van der Waals surface area (Å²) < 4.78 is 7.98. The molecule has 0 fully saturated rings. The summed E-state index contributed by atoms with van der Waals surface area (Å²) in [6, 6.07) is 17.9. The molecular formula is C29H24Cl2N4O. The molecule has 0 bridgehead atoms. The number of ether oxygens (including phenoxy) is 1. The molecule has 0 saturated carbocycles. The lowest BCUT2D eigenvalue weighted by Crippen LogP contribution is -2.29. The molecule has 2 aliphatic heterocycles. The highest BCUT2D eigenvalue weighted by molar-refractivity contribution is 6.35. The number of imidazole rings is 1. The van der Waals surface area contributed by atoms with E-state index in [0.717, 1.165) is 50.7 Å². The summed E-state index contributed by atoms with van der Waals surface area (Å²) in [6.07, 6.45) is 0. The molecule has 7 heteroatoms. The second-order valence-electron chi connectivity index (χ2n) is 9.61. The van der Waals surface area contributed by atoms with E-state index < -0.39 is 0 Å². The van der Waals surface area contributed by atoms with Crippen molar-refractivity contribution in [3.63, 3.8) is 0 Å². The molecule has 0 aliphatic carbocycles. The second-order valence-corrected chi connectivity index (χ2v) is 10.5. The molecule has 5 nitrogen and oxygen atoms in total. The normalized spacial score (nSPS) is 15.3. The molecule has 36 heavy (non-hydrogen) atoms. The number of anilines is 1. The smallest absolute Gasteiger partial charge is 0.144 e. The minimum atomic E-state index is -0.0364. The van der Waals surface area contributed by atoms with Crippen molar-refractivity contribution in [3.8, 4) is 34.3 Å². The predicted octanol–water partition coefficient (Wildman–Crippen LogP) is 7.72. The minimum Gasteiger partial charge on any atom is -0.496 e. The lowest BCUT2D eigenvalue weighted by atomic mass is 9.86. The van der Waals surface area contributed by atoms with Crippen LogP contribution in [0.4, 0.5) is 5.69 Å². The Bertz CT molecular complexity index is 1600. The van der Waals surface area contributed by atoms with Crippen LogP contribution in [-0.2, 0) is 6.54 Å². The number of benzene rings is 3. The van der Waals surface area contributed by atoms with E-state index in [-0.39, 0.29) is 12.1 Å². The number of aryl methyl sites for hydroxylation is 1. The van der Waals surface area contributed by atoms with Gasteiger partial charge in [-0.2, -0.15) is 5.26 Å². The fraction of sp³-hybridized carbons (Fsp3) is 0.241. The fourth-order valence-corrected chi connectivity index (χ4v) is 6.19. The first kappa shape index (κ1) is 23.0. The van der Waals surface area contributed by atoms with Gasteiger partial charge >= 0.3 is 0 Å². The van der Waals surface area contributed by atoms with Crippen LogP contribution in [0.15, 0.2) is 48.5 Å².